The second kappa shape index (κ2) is 5.86. The van der Waals surface area contributed by atoms with Crippen LogP contribution in [0.15, 0.2) is 42.5 Å². The van der Waals surface area contributed by atoms with Crippen molar-refractivity contribution in [2.24, 2.45) is 0 Å². The predicted octanol–water partition coefficient (Wildman–Crippen LogP) is 5.52. The Hall–Kier alpha value is -1.30. The van der Waals surface area contributed by atoms with Crippen molar-refractivity contribution in [3.8, 4) is 0 Å². The molecule has 2 aromatic rings. The Morgan fingerprint density at radius 3 is 2.18 bits per heavy atom. The van der Waals surface area contributed by atoms with Gasteiger partial charge in [-0.05, 0) is 35.1 Å². The number of fused-ring (bicyclic) bond motifs is 1. The first kappa shape index (κ1) is 12.2. The summed E-state index contributed by atoms with van der Waals surface area (Å²) in [5, 5.41) is 2.82. The molecule has 0 amide bonds. The van der Waals surface area contributed by atoms with Crippen molar-refractivity contribution in [3.05, 3.63) is 48.0 Å². The first-order valence-corrected chi connectivity index (χ1v) is 6.84. The van der Waals surface area contributed by atoms with E-state index >= 15 is 0 Å². The van der Waals surface area contributed by atoms with E-state index in [1.54, 1.807) is 5.56 Å². The van der Waals surface area contributed by atoms with Gasteiger partial charge in [-0.2, -0.15) is 0 Å². The molecule has 0 bridgehead atoms. The maximum atomic E-state index is 2.32. The lowest BCUT2D eigenvalue weighted by Crippen LogP contribution is -1.99. The van der Waals surface area contributed by atoms with Gasteiger partial charge >= 0.3 is 0 Å². The zero-order valence-corrected chi connectivity index (χ0v) is 10.9. The summed E-state index contributed by atoms with van der Waals surface area (Å²) in [6.45, 7) is 4.57. The van der Waals surface area contributed by atoms with Crippen LogP contribution in [0.1, 0.15) is 51.0 Å². The minimum absolute atomic E-state index is 0.732. The smallest absolute Gasteiger partial charge is 0.0149 e. The maximum absolute atomic E-state index is 2.32. The standard InChI is InChI=1S/C17H22/c1-3-8-14(9-4-2)17-13-7-11-15-10-5-6-12-16(15)17/h5-7,10-14H,3-4,8-9H2,1-2H3. The molecule has 0 radical (unpaired) electrons. The van der Waals surface area contributed by atoms with Gasteiger partial charge < -0.3 is 0 Å². The summed E-state index contributed by atoms with van der Waals surface area (Å²) in [5.74, 6) is 0.732. The predicted molar refractivity (Wildman–Crippen MR) is 76.5 cm³/mol. The summed E-state index contributed by atoms with van der Waals surface area (Å²) in [5.41, 5.74) is 1.55. The van der Waals surface area contributed by atoms with Gasteiger partial charge in [-0.3, -0.25) is 0 Å². The van der Waals surface area contributed by atoms with Crippen LogP contribution in [0.3, 0.4) is 0 Å². The molecule has 0 heterocycles. The summed E-state index contributed by atoms with van der Waals surface area (Å²) in [4.78, 5) is 0. The third kappa shape index (κ3) is 2.69. The van der Waals surface area contributed by atoms with Crippen LogP contribution < -0.4 is 0 Å². The van der Waals surface area contributed by atoms with E-state index in [1.807, 2.05) is 0 Å². The Bertz CT molecular complexity index is 459. The van der Waals surface area contributed by atoms with Gasteiger partial charge in [-0.25, -0.2) is 0 Å². The highest BCUT2D eigenvalue weighted by Crippen LogP contribution is 2.31. The zero-order valence-electron chi connectivity index (χ0n) is 10.9. The fourth-order valence-corrected chi connectivity index (χ4v) is 2.76. The number of hydrogen-bond acceptors (Lipinski definition) is 0. The SMILES string of the molecule is CCCC(CCC)c1cccc2ccccc12. The molecule has 0 unspecified atom stereocenters. The zero-order chi connectivity index (χ0) is 12.1. The van der Waals surface area contributed by atoms with Gasteiger partial charge in [0.15, 0.2) is 0 Å². The molecular weight excluding hydrogens is 204 g/mol. The van der Waals surface area contributed by atoms with Gasteiger partial charge in [0.1, 0.15) is 0 Å². The van der Waals surface area contributed by atoms with E-state index in [0.717, 1.165) is 5.92 Å². The molecule has 2 rings (SSSR count). The highest BCUT2D eigenvalue weighted by molar-refractivity contribution is 5.86. The van der Waals surface area contributed by atoms with Crippen LogP contribution in [-0.2, 0) is 0 Å². The van der Waals surface area contributed by atoms with E-state index in [-0.39, 0.29) is 0 Å². The van der Waals surface area contributed by atoms with Crippen molar-refractivity contribution in [2.45, 2.75) is 45.4 Å². The molecule has 90 valence electrons. The van der Waals surface area contributed by atoms with Crippen molar-refractivity contribution < 1.29 is 0 Å². The normalized spacial score (nSPS) is 11.2. The molecule has 0 saturated heterocycles. The minimum Gasteiger partial charge on any atom is -0.0654 e. The molecule has 0 nitrogen and oxygen atoms in total. The van der Waals surface area contributed by atoms with Crippen molar-refractivity contribution in [1.29, 1.82) is 0 Å². The number of rotatable bonds is 5. The lowest BCUT2D eigenvalue weighted by atomic mass is 9.87. The van der Waals surface area contributed by atoms with Gasteiger partial charge in [-0.15, -0.1) is 0 Å². The van der Waals surface area contributed by atoms with Crippen LogP contribution in [0.2, 0.25) is 0 Å². The van der Waals surface area contributed by atoms with Gasteiger partial charge in [-0.1, -0.05) is 69.2 Å². The average molecular weight is 226 g/mol. The average Bonchev–Trinajstić information content (AvgIpc) is 2.38. The highest BCUT2D eigenvalue weighted by atomic mass is 14.2. The highest BCUT2D eigenvalue weighted by Gasteiger charge is 2.12. The van der Waals surface area contributed by atoms with Crippen molar-refractivity contribution >= 4 is 10.8 Å². The monoisotopic (exact) mass is 226 g/mol. The number of benzene rings is 2. The quantitative estimate of drug-likeness (QED) is 0.629. The molecular formula is C17H22. The topological polar surface area (TPSA) is 0 Å². The lowest BCUT2D eigenvalue weighted by molar-refractivity contribution is 0.564. The molecule has 2 aromatic carbocycles. The Morgan fingerprint density at radius 1 is 0.824 bits per heavy atom. The van der Waals surface area contributed by atoms with E-state index in [9.17, 15) is 0 Å². The third-order valence-electron chi connectivity index (χ3n) is 3.54. The Balaban J connectivity index is 2.44. The summed E-state index contributed by atoms with van der Waals surface area (Å²) in [7, 11) is 0. The van der Waals surface area contributed by atoms with Gasteiger partial charge in [0.25, 0.3) is 0 Å². The minimum atomic E-state index is 0.732. The molecule has 0 aromatic heterocycles. The Labute approximate surface area is 105 Å². The Kier molecular flexibility index (Phi) is 4.19. The van der Waals surface area contributed by atoms with Gasteiger partial charge in [0.05, 0.1) is 0 Å². The summed E-state index contributed by atoms with van der Waals surface area (Å²) in [6.07, 6.45) is 5.16. The van der Waals surface area contributed by atoms with Crippen LogP contribution in [0.4, 0.5) is 0 Å². The fourth-order valence-electron chi connectivity index (χ4n) is 2.76. The van der Waals surface area contributed by atoms with E-state index in [1.165, 1.54) is 36.5 Å². The van der Waals surface area contributed by atoms with Crippen LogP contribution in [0.25, 0.3) is 10.8 Å². The molecule has 0 spiro atoms. The van der Waals surface area contributed by atoms with E-state index in [2.05, 4.69) is 56.3 Å². The molecule has 0 saturated carbocycles. The largest absolute Gasteiger partial charge is 0.0654 e. The first-order chi connectivity index (χ1) is 8.36. The second-order valence-electron chi connectivity index (χ2n) is 4.84. The van der Waals surface area contributed by atoms with Gasteiger partial charge in [0.2, 0.25) is 0 Å². The summed E-state index contributed by atoms with van der Waals surface area (Å²) >= 11 is 0. The first-order valence-electron chi connectivity index (χ1n) is 6.84. The van der Waals surface area contributed by atoms with Crippen LogP contribution >= 0.6 is 0 Å². The molecule has 0 heteroatoms. The lowest BCUT2D eigenvalue weighted by Gasteiger charge is -2.18. The van der Waals surface area contributed by atoms with Crippen molar-refractivity contribution in [1.82, 2.24) is 0 Å². The van der Waals surface area contributed by atoms with Crippen molar-refractivity contribution in [2.75, 3.05) is 0 Å². The second-order valence-corrected chi connectivity index (χ2v) is 4.84. The molecule has 0 atom stereocenters. The molecule has 0 aliphatic carbocycles. The number of hydrogen-bond donors (Lipinski definition) is 0. The molecule has 0 N–H and O–H groups in total. The molecule has 0 aliphatic rings. The summed E-state index contributed by atoms with van der Waals surface area (Å²) < 4.78 is 0. The molecule has 0 fully saturated rings. The molecule has 17 heavy (non-hydrogen) atoms. The van der Waals surface area contributed by atoms with E-state index in [0.29, 0.717) is 0 Å². The Morgan fingerprint density at radius 2 is 1.47 bits per heavy atom. The summed E-state index contributed by atoms with van der Waals surface area (Å²) in [6, 6.07) is 15.5. The third-order valence-corrected chi connectivity index (χ3v) is 3.54. The van der Waals surface area contributed by atoms with Gasteiger partial charge in [0, 0.05) is 0 Å². The van der Waals surface area contributed by atoms with Crippen molar-refractivity contribution in [3.63, 3.8) is 0 Å². The molecule has 0 aliphatic heterocycles. The maximum Gasteiger partial charge on any atom is -0.0149 e. The van der Waals surface area contributed by atoms with Crippen LogP contribution in [-0.4, -0.2) is 0 Å². The van der Waals surface area contributed by atoms with Crippen LogP contribution in [0, 0.1) is 0 Å². The van der Waals surface area contributed by atoms with E-state index in [4.69, 9.17) is 0 Å². The fraction of sp³-hybridized carbons (Fsp3) is 0.412. The van der Waals surface area contributed by atoms with E-state index < -0.39 is 0 Å². The van der Waals surface area contributed by atoms with Crippen LogP contribution in [0.5, 0.6) is 0 Å².